The number of phenolic OH excluding ortho intramolecular Hbond substituents is 1. The minimum atomic E-state index is 0.218. The van der Waals surface area contributed by atoms with Crippen LogP contribution in [0.25, 0.3) is 0 Å². The molecule has 0 bridgehead atoms. The maximum absolute atomic E-state index is 10.1. The quantitative estimate of drug-likeness (QED) is 0.468. The van der Waals surface area contributed by atoms with Gasteiger partial charge in [0.2, 0.25) is 0 Å². The van der Waals surface area contributed by atoms with Crippen LogP contribution in [0.15, 0.2) is 41.4 Å². The Morgan fingerprint density at radius 3 is 2.75 bits per heavy atom. The normalized spacial score (nSPS) is 12.7. The van der Waals surface area contributed by atoms with E-state index < -0.39 is 0 Å². The molecule has 0 radical (unpaired) electrons. The molecule has 0 amide bonds. The van der Waals surface area contributed by atoms with E-state index in [0.717, 1.165) is 39.4 Å². The van der Waals surface area contributed by atoms with Crippen molar-refractivity contribution >= 4 is 47.8 Å². The van der Waals surface area contributed by atoms with Crippen LogP contribution in [-0.4, -0.2) is 28.9 Å². The zero-order chi connectivity index (χ0) is 16.8. The van der Waals surface area contributed by atoms with Gasteiger partial charge in [0.05, 0.1) is 17.1 Å². The minimum Gasteiger partial charge on any atom is -0.508 e. The van der Waals surface area contributed by atoms with E-state index in [1.807, 2.05) is 45.1 Å². The summed E-state index contributed by atoms with van der Waals surface area (Å²) in [7, 11) is 1.86. The first-order chi connectivity index (χ1) is 11.5. The number of anilines is 2. The van der Waals surface area contributed by atoms with E-state index in [0.29, 0.717) is 10.8 Å². The number of aryl methyl sites for hydroxylation is 1. The molecule has 118 valence electrons. The van der Waals surface area contributed by atoms with Gasteiger partial charge in [-0.15, -0.1) is 0 Å². The number of phenols is 1. The van der Waals surface area contributed by atoms with Crippen LogP contribution in [0.2, 0.25) is 5.02 Å². The van der Waals surface area contributed by atoms with Crippen LogP contribution in [-0.2, 0) is 0 Å². The van der Waals surface area contributed by atoms with Gasteiger partial charge in [-0.3, -0.25) is 5.10 Å². The van der Waals surface area contributed by atoms with E-state index in [1.54, 1.807) is 6.07 Å². The van der Waals surface area contributed by atoms with E-state index in [9.17, 15) is 5.11 Å². The largest absolute Gasteiger partial charge is 0.508 e. The van der Waals surface area contributed by atoms with E-state index in [2.05, 4.69) is 15.5 Å². The number of aromatic nitrogens is 2. The molecule has 0 saturated heterocycles. The molecule has 1 aliphatic heterocycles. The smallest absolute Gasteiger partial charge is 0.178 e. The lowest BCUT2D eigenvalue weighted by Gasteiger charge is -2.13. The molecular weight excluding hydrogens is 322 g/mol. The Labute approximate surface area is 144 Å². The molecule has 3 N–H and O–H groups in total. The molecule has 4 rings (SSSR count). The number of hydrogen-bond donors (Lipinski definition) is 3. The summed E-state index contributed by atoms with van der Waals surface area (Å²) in [6.45, 7) is 1.92. The van der Waals surface area contributed by atoms with Crippen molar-refractivity contribution in [3.8, 4) is 5.75 Å². The van der Waals surface area contributed by atoms with Crippen molar-refractivity contribution in [3.05, 3.63) is 58.2 Å². The highest BCUT2D eigenvalue weighted by Gasteiger charge is 2.23. The van der Waals surface area contributed by atoms with E-state index in [-0.39, 0.29) is 5.75 Å². The van der Waals surface area contributed by atoms with Gasteiger partial charge in [0.1, 0.15) is 19.3 Å². The minimum absolute atomic E-state index is 0.218. The second kappa shape index (κ2) is 5.42. The molecule has 0 unspecified atom stereocenters. The van der Waals surface area contributed by atoms with Crippen molar-refractivity contribution < 1.29 is 5.11 Å². The standard InChI is InChI=1S/C17H14BClN4O/c1-8-15-17(23-22-8)20-13-7-14(24)11(18)6-10(13)16(21-15)9-4-2-3-5-12(9)19/h2-7,24H,18H2,1H3,(H2,20,22,23). The fourth-order valence-corrected chi connectivity index (χ4v) is 3.03. The molecule has 24 heavy (non-hydrogen) atoms. The molecule has 0 spiro atoms. The monoisotopic (exact) mass is 336 g/mol. The van der Waals surface area contributed by atoms with Crippen LogP contribution in [0.3, 0.4) is 0 Å². The Kier molecular flexibility index (Phi) is 3.35. The lowest BCUT2D eigenvalue weighted by Crippen LogP contribution is -2.12. The number of hydrogen-bond acceptors (Lipinski definition) is 4. The van der Waals surface area contributed by atoms with Gasteiger partial charge in [-0.05, 0) is 18.5 Å². The second-order valence-corrected chi connectivity index (χ2v) is 6.20. The molecule has 0 saturated carbocycles. The molecule has 0 fully saturated rings. The van der Waals surface area contributed by atoms with Crippen LogP contribution >= 0.6 is 11.6 Å². The zero-order valence-electron chi connectivity index (χ0n) is 13.2. The van der Waals surface area contributed by atoms with Crippen molar-refractivity contribution in [2.24, 2.45) is 4.99 Å². The maximum Gasteiger partial charge on any atom is 0.178 e. The lowest BCUT2D eigenvalue weighted by molar-refractivity contribution is 0.480. The fraction of sp³-hybridized carbons (Fsp3) is 0.0588. The Hall–Kier alpha value is -2.73. The third-order valence-electron chi connectivity index (χ3n) is 4.11. The van der Waals surface area contributed by atoms with Crippen LogP contribution in [0.5, 0.6) is 5.75 Å². The van der Waals surface area contributed by atoms with Crippen molar-refractivity contribution in [2.75, 3.05) is 5.32 Å². The van der Waals surface area contributed by atoms with Crippen molar-refractivity contribution in [3.63, 3.8) is 0 Å². The van der Waals surface area contributed by atoms with Crippen molar-refractivity contribution in [1.29, 1.82) is 0 Å². The number of nitrogens with zero attached hydrogens (tertiary/aromatic N) is 2. The topological polar surface area (TPSA) is 73.3 Å². The molecule has 7 heteroatoms. The highest BCUT2D eigenvalue weighted by atomic mass is 35.5. The lowest BCUT2D eigenvalue weighted by atomic mass is 9.89. The molecule has 0 aliphatic carbocycles. The highest BCUT2D eigenvalue weighted by Crippen LogP contribution is 2.37. The first-order valence-corrected chi connectivity index (χ1v) is 7.92. The first kappa shape index (κ1) is 14.8. The summed E-state index contributed by atoms with van der Waals surface area (Å²) in [5, 5.41) is 21.2. The average molecular weight is 337 g/mol. The second-order valence-electron chi connectivity index (χ2n) is 5.80. The summed E-state index contributed by atoms with van der Waals surface area (Å²) in [6.07, 6.45) is 0. The molecular formula is C17H14BClN4O. The third-order valence-corrected chi connectivity index (χ3v) is 4.44. The molecule has 1 aliphatic rings. The van der Waals surface area contributed by atoms with Crippen LogP contribution in [0, 0.1) is 6.92 Å². The SMILES string of the molecule is Bc1cc2c(cc1O)Nc1n[nH]c(C)c1N=C2c1ccccc1Cl. The first-order valence-electron chi connectivity index (χ1n) is 7.54. The number of H-pyrrole nitrogens is 1. The van der Waals surface area contributed by atoms with Crippen molar-refractivity contribution in [2.45, 2.75) is 6.92 Å². The predicted molar refractivity (Wildman–Crippen MR) is 99.6 cm³/mol. The zero-order valence-corrected chi connectivity index (χ0v) is 13.9. The Morgan fingerprint density at radius 2 is 1.96 bits per heavy atom. The summed E-state index contributed by atoms with van der Waals surface area (Å²) < 4.78 is 0. The highest BCUT2D eigenvalue weighted by molar-refractivity contribution is 6.38. The third kappa shape index (κ3) is 2.27. The van der Waals surface area contributed by atoms with E-state index >= 15 is 0 Å². The molecule has 5 nitrogen and oxygen atoms in total. The van der Waals surface area contributed by atoms with Gasteiger partial charge < -0.3 is 10.4 Å². The fourth-order valence-electron chi connectivity index (χ4n) is 2.80. The van der Waals surface area contributed by atoms with Crippen molar-refractivity contribution in [1.82, 2.24) is 10.2 Å². The summed E-state index contributed by atoms with van der Waals surface area (Å²) in [5.41, 5.74) is 5.55. The number of fused-ring (bicyclic) bond motifs is 2. The molecule has 1 aromatic heterocycles. The van der Waals surface area contributed by atoms with Crippen LogP contribution < -0.4 is 10.8 Å². The van der Waals surface area contributed by atoms with Gasteiger partial charge in [-0.2, -0.15) is 5.10 Å². The maximum atomic E-state index is 10.1. The summed E-state index contributed by atoms with van der Waals surface area (Å²) in [5.74, 6) is 0.842. The summed E-state index contributed by atoms with van der Waals surface area (Å²) in [6, 6.07) is 11.2. The Balaban J connectivity index is 2.06. The average Bonchev–Trinajstić information content (AvgIpc) is 2.81. The molecule has 2 heterocycles. The number of halogens is 1. The summed E-state index contributed by atoms with van der Waals surface area (Å²) in [4.78, 5) is 4.84. The van der Waals surface area contributed by atoms with Crippen LogP contribution in [0.4, 0.5) is 17.2 Å². The van der Waals surface area contributed by atoms with Gasteiger partial charge in [0, 0.05) is 22.2 Å². The molecule has 0 atom stereocenters. The van der Waals surface area contributed by atoms with Gasteiger partial charge in [-0.1, -0.05) is 35.9 Å². The number of benzene rings is 2. The van der Waals surface area contributed by atoms with Gasteiger partial charge in [-0.25, -0.2) is 4.99 Å². The predicted octanol–water partition coefficient (Wildman–Crippen LogP) is 2.56. The Bertz CT molecular complexity index is 996. The van der Waals surface area contributed by atoms with Gasteiger partial charge >= 0.3 is 0 Å². The molecule has 3 aromatic rings. The van der Waals surface area contributed by atoms with E-state index in [4.69, 9.17) is 16.6 Å². The number of aliphatic imine (C=N–C) groups is 1. The Morgan fingerprint density at radius 1 is 1.17 bits per heavy atom. The van der Waals surface area contributed by atoms with Crippen LogP contribution in [0.1, 0.15) is 16.8 Å². The van der Waals surface area contributed by atoms with Gasteiger partial charge in [0.25, 0.3) is 0 Å². The summed E-state index contributed by atoms with van der Waals surface area (Å²) >= 11 is 6.42. The number of rotatable bonds is 1. The number of nitrogens with one attached hydrogen (secondary N) is 2. The van der Waals surface area contributed by atoms with Gasteiger partial charge in [0.15, 0.2) is 5.82 Å². The van der Waals surface area contributed by atoms with E-state index in [1.165, 1.54) is 0 Å². The molecule has 2 aromatic carbocycles. The number of aromatic amines is 1. The number of aromatic hydroxyl groups is 1.